The molecule has 2 amide bonds. The summed E-state index contributed by atoms with van der Waals surface area (Å²) in [5, 5.41) is 17.5. The summed E-state index contributed by atoms with van der Waals surface area (Å²) >= 11 is 0. The van der Waals surface area contributed by atoms with Crippen molar-refractivity contribution in [2.45, 2.75) is 78.4 Å². The molecule has 206 valence electrons. The molecule has 5 N–H and O–H groups in total. The Kier molecular flexibility index (Phi) is 11.1. The van der Waals surface area contributed by atoms with Crippen LogP contribution in [-0.2, 0) is 20.8 Å². The lowest BCUT2D eigenvalue weighted by Crippen LogP contribution is -2.58. The lowest BCUT2D eigenvalue weighted by molar-refractivity contribution is -0.149. The standard InChI is InChI=1S/C20H26N4O4.C8H18N/c1-20(2,21)19(28)23-15(17(25)24-9-5-8-16(24)18(26)27)10-12-11-22-14-7-4-3-6-13(12)14;1-7(2)5-9-6-8(3)4/h3-4,6-7,11,15-16,22H,5,8-10,21H2,1-2H3,(H,23,28)(H,26,27);7-8H,5-6H2,1-4H3/q;-1/t15-,16-;/m1./s1. The number of likely N-dealkylation sites (tertiary alicyclic amines) is 1. The van der Waals surface area contributed by atoms with Gasteiger partial charge in [0.1, 0.15) is 12.1 Å². The number of carboxylic acid groups (broad SMARTS) is 1. The van der Waals surface area contributed by atoms with E-state index in [0.717, 1.165) is 41.4 Å². The molecular formula is C28H44N5O4-. The van der Waals surface area contributed by atoms with Gasteiger partial charge in [-0.3, -0.25) is 9.59 Å². The van der Waals surface area contributed by atoms with Gasteiger partial charge in [0.25, 0.3) is 0 Å². The summed E-state index contributed by atoms with van der Waals surface area (Å²) in [5.41, 5.74) is 6.53. The van der Waals surface area contributed by atoms with Crippen LogP contribution < -0.4 is 11.1 Å². The molecule has 3 rings (SSSR count). The van der Waals surface area contributed by atoms with E-state index in [1.165, 1.54) is 4.90 Å². The van der Waals surface area contributed by atoms with Crippen LogP contribution in [0.4, 0.5) is 0 Å². The number of nitrogens with one attached hydrogen (secondary N) is 2. The van der Waals surface area contributed by atoms with Crippen LogP contribution in [0.2, 0.25) is 0 Å². The van der Waals surface area contributed by atoms with E-state index in [9.17, 15) is 19.5 Å². The highest BCUT2D eigenvalue weighted by atomic mass is 16.4. The van der Waals surface area contributed by atoms with Crippen LogP contribution >= 0.6 is 0 Å². The number of carboxylic acids is 1. The highest BCUT2D eigenvalue weighted by Gasteiger charge is 2.38. The second kappa shape index (κ2) is 13.6. The summed E-state index contributed by atoms with van der Waals surface area (Å²) in [5.74, 6) is -0.431. The zero-order valence-corrected chi connectivity index (χ0v) is 23.1. The van der Waals surface area contributed by atoms with Crippen LogP contribution in [0.25, 0.3) is 16.2 Å². The largest absolute Gasteiger partial charge is 0.662 e. The van der Waals surface area contributed by atoms with Crippen molar-refractivity contribution in [3.63, 3.8) is 0 Å². The number of carbonyl (C=O) groups is 3. The monoisotopic (exact) mass is 514 g/mol. The van der Waals surface area contributed by atoms with Gasteiger partial charge in [-0.2, -0.15) is 0 Å². The Bertz CT molecular complexity index is 1030. The third-order valence-corrected chi connectivity index (χ3v) is 6.10. The first kappa shape index (κ1) is 30.3. The van der Waals surface area contributed by atoms with E-state index >= 15 is 0 Å². The van der Waals surface area contributed by atoms with Gasteiger partial charge in [-0.15, -0.1) is 13.1 Å². The van der Waals surface area contributed by atoms with Crippen LogP contribution in [-0.4, -0.2) is 70.0 Å². The molecule has 1 saturated heterocycles. The van der Waals surface area contributed by atoms with Gasteiger partial charge in [0.05, 0.1) is 5.54 Å². The van der Waals surface area contributed by atoms with Gasteiger partial charge in [-0.25, -0.2) is 4.79 Å². The average Bonchev–Trinajstić information content (AvgIpc) is 3.45. The molecule has 9 heteroatoms. The second-order valence-electron chi connectivity index (χ2n) is 11.2. The number of nitrogens with two attached hydrogens (primary N) is 1. The van der Waals surface area contributed by atoms with E-state index in [1.54, 1.807) is 13.8 Å². The van der Waals surface area contributed by atoms with Gasteiger partial charge in [0.2, 0.25) is 11.8 Å². The van der Waals surface area contributed by atoms with Gasteiger partial charge >= 0.3 is 5.97 Å². The Labute approximate surface area is 220 Å². The molecule has 0 bridgehead atoms. The van der Waals surface area contributed by atoms with Crippen molar-refractivity contribution >= 4 is 28.7 Å². The molecule has 1 aromatic heterocycles. The summed E-state index contributed by atoms with van der Waals surface area (Å²) in [4.78, 5) is 41.7. The lowest BCUT2D eigenvalue weighted by atomic mass is 10.0. The van der Waals surface area contributed by atoms with E-state index in [0.29, 0.717) is 19.4 Å². The summed E-state index contributed by atoms with van der Waals surface area (Å²) in [7, 11) is 0. The molecule has 1 fully saturated rings. The molecule has 0 saturated carbocycles. The first-order chi connectivity index (χ1) is 17.3. The molecule has 2 atom stereocenters. The van der Waals surface area contributed by atoms with E-state index in [4.69, 9.17) is 5.73 Å². The first-order valence-electron chi connectivity index (χ1n) is 13.1. The first-order valence-corrected chi connectivity index (χ1v) is 13.1. The Balaban J connectivity index is 0.000000458. The molecule has 9 nitrogen and oxygen atoms in total. The number of aromatic nitrogens is 1. The second-order valence-corrected chi connectivity index (χ2v) is 11.2. The highest BCUT2D eigenvalue weighted by Crippen LogP contribution is 2.23. The fourth-order valence-corrected chi connectivity index (χ4v) is 4.14. The minimum Gasteiger partial charge on any atom is -0.662 e. The Morgan fingerprint density at radius 2 is 1.78 bits per heavy atom. The summed E-state index contributed by atoms with van der Waals surface area (Å²) in [6, 6.07) is 5.92. The van der Waals surface area contributed by atoms with Crippen molar-refractivity contribution in [1.82, 2.24) is 15.2 Å². The number of hydrogen-bond acceptors (Lipinski definition) is 4. The van der Waals surface area contributed by atoms with Crippen molar-refractivity contribution in [2.75, 3.05) is 19.6 Å². The predicted molar refractivity (Wildman–Crippen MR) is 147 cm³/mol. The Morgan fingerprint density at radius 1 is 1.16 bits per heavy atom. The van der Waals surface area contributed by atoms with E-state index in [1.807, 2.05) is 30.5 Å². The van der Waals surface area contributed by atoms with Crippen LogP contribution in [0.15, 0.2) is 30.5 Å². The Hall–Kier alpha value is -2.91. The maximum Gasteiger partial charge on any atom is 0.326 e. The number of para-hydroxylation sites is 1. The number of fused-ring (bicyclic) bond motifs is 1. The van der Waals surface area contributed by atoms with Gasteiger partial charge in [0.15, 0.2) is 0 Å². The fourth-order valence-electron chi connectivity index (χ4n) is 4.14. The molecule has 0 aliphatic carbocycles. The third-order valence-electron chi connectivity index (χ3n) is 6.10. The molecule has 37 heavy (non-hydrogen) atoms. The van der Waals surface area contributed by atoms with Gasteiger partial charge in [0, 0.05) is 30.1 Å². The zero-order valence-electron chi connectivity index (χ0n) is 23.1. The van der Waals surface area contributed by atoms with Crippen molar-refractivity contribution < 1.29 is 19.5 Å². The van der Waals surface area contributed by atoms with Gasteiger partial charge in [-0.1, -0.05) is 57.7 Å². The van der Waals surface area contributed by atoms with Gasteiger partial charge < -0.3 is 31.4 Å². The molecule has 1 aromatic carbocycles. The number of amides is 2. The summed E-state index contributed by atoms with van der Waals surface area (Å²) in [6.07, 6.45) is 3.09. The normalized spacial score (nSPS) is 16.6. The Morgan fingerprint density at radius 3 is 2.35 bits per heavy atom. The van der Waals surface area contributed by atoms with E-state index in [2.05, 4.69) is 43.3 Å². The molecule has 0 unspecified atom stereocenters. The fraction of sp³-hybridized carbons (Fsp3) is 0.607. The zero-order chi connectivity index (χ0) is 27.8. The highest BCUT2D eigenvalue weighted by molar-refractivity contribution is 5.94. The minimum absolute atomic E-state index is 0.244. The quantitative estimate of drug-likeness (QED) is 0.382. The van der Waals surface area contributed by atoms with Crippen LogP contribution in [0.5, 0.6) is 0 Å². The average molecular weight is 515 g/mol. The molecule has 2 aromatic rings. The number of nitrogens with zero attached hydrogens (tertiary/aromatic N) is 2. The number of benzene rings is 1. The molecular weight excluding hydrogens is 470 g/mol. The summed E-state index contributed by atoms with van der Waals surface area (Å²) in [6.45, 7) is 14.3. The number of aliphatic carboxylic acids is 1. The van der Waals surface area contributed by atoms with E-state index in [-0.39, 0.29) is 6.42 Å². The van der Waals surface area contributed by atoms with Crippen molar-refractivity contribution in [3.8, 4) is 0 Å². The number of hydrogen-bond donors (Lipinski definition) is 4. The lowest BCUT2D eigenvalue weighted by Gasteiger charge is -2.29. The van der Waals surface area contributed by atoms with E-state index < -0.39 is 35.4 Å². The minimum atomic E-state index is -1.16. The van der Waals surface area contributed by atoms with Crippen molar-refractivity contribution in [1.29, 1.82) is 0 Å². The molecule has 0 radical (unpaired) electrons. The smallest absolute Gasteiger partial charge is 0.326 e. The SMILES string of the molecule is CC(C)(N)C(=O)N[C@H](Cc1c[nH]c2ccccc12)C(=O)N1CCC[C@@H]1C(=O)O.CC(C)C[N-]CC(C)C. The molecule has 2 heterocycles. The number of aromatic amines is 1. The topological polar surface area (TPSA) is 143 Å². The summed E-state index contributed by atoms with van der Waals surface area (Å²) < 4.78 is 0. The predicted octanol–water partition coefficient (Wildman–Crippen LogP) is 3.68. The number of carbonyl (C=O) groups excluding carboxylic acids is 2. The molecule has 1 aliphatic rings. The van der Waals surface area contributed by atoms with Crippen LogP contribution in [0.3, 0.4) is 0 Å². The number of H-pyrrole nitrogens is 1. The van der Waals surface area contributed by atoms with Crippen molar-refractivity contribution in [3.05, 3.63) is 41.3 Å². The van der Waals surface area contributed by atoms with Crippen LogP contribution in [0, 0.1) is 11.8 Å². The maximum atomic E-state index is 13.2. The molecule has 1 aliphatic heterocycles. The maximum absolute atomic E-state index is 13.2. The van der Waals surface area contributed by atoms with Crippen molar-refractivity contribution in [2.24, 2.45) is 17.6 Å². The molecule has 0 spiro atoms. The number of rotatable bonds is 10. The van der Waals surface area contributed by atoms with Crippen LogP contribution in [0.1, 0.15) is 59.9 Å². The van der Waals surface area contributed by atoms with Gasteiger partial charge in [-0.05, 0) is 38.3 Å². The third kappa shape index (κ3) is 9.16.